The molecule has 0 radical (unpaired) electrons. The van der Waals surface area contributed by atoms with Crippen molar-refractivity contribution in [1.29, 1.82) is 0 Å². The van der Waals surface area contributed by atoms with Gasteiger partial charge < -0.3 is 24.6 Å². The van der Waals surface area contributed by atoms with Crippen molar-refractivity contribution >= 4 is 18.3 Å². The molecule has 1 aliphatic rings. The minimum absolute atomic E-state index is 0. The summed E-state index contributed by atoms with van der Waals surface area (Å²) in [6, 6.07) is 5.34. The topological polar surface area (TPSA) is 98.5 Å². The number of carbonyl (C=O) groups is 1. The molecule has 142 valence electrons. The van der Waals surface area contributed by atoms with E-state index in [0.717, 1.165) is 24.9 Å². The predicted octanol–water partition coefficient (Wildman–Crippen LogP) is 1.59. The van der Waals surface area contributed by atoms with E-state index in [1.54, 1.807) is 26.4 Å². The molecule has 1 amide bonds. The monoisotopic (exact) mass is 382 g/mol. The molecule has 1 aromatic carbocycles. The quantitative estimate of drug-likeness (QED) is 0.750. The van der Waals surface area contributed by atoms with Gasteiger partial charge in [0.2, 0.25) is 17.6 Å². The first kappa shape index (κ1) is 20.0. The Morgan fingerprint density at radius 2 is 2.15 bits per heavy atom. The Kier molecular flexibility index (Phi) is 7.23. The van der Waals surface area contributed by atoms with Crippen LogP contribution in [0, 0.1) is 0 Å². The Balaban J connectivity index is 0.00000243. The molecular weight excluding hydrogens is 360 g/mol. The number of amides is 1. The molecule has 1 unspecified atom stereocenters. The van der Waals surface area contributed by atoms with Gasteiger partial charge in [-0.1, -0.05) is 5.16 Å². The van der Waals surface area contributed by atoms with Crippen LogP contribution in [0.4, 0.5) is 0 Å². The van der Waals surface area contributed by atoms with Gasteiger partial charge in [0.1, 0.15) is 0 Å². The Bertz CT molecular complexity index is 731. The third kappa shape index (κ3) is 4.64. The van der Waals surface area contributed by atoms with Gasteiger partial charge >= 0.3 is 0 Å². The van der Waals surface area contributed by atoms with Crippen molar-refractivity contribution in [2.24, 2.45) is 0 Å². The van der Waals surface area contributed by atoms with E-state index in [-0.39, 0.29) is 24.4 Å². The standard InChI is InChI=1S/C17H22N4O4.ClH/c1-23-13-6-5-11(10-14(13)24-2)16-20-15(25-21-16)7-9-19-17(22)12-4-3-8-18-12;/h5-6,10,12,18H,3-4,7-9H2,1-2H3,(H,19,22);1H. The molecule has 3 rings (SSSR count). The molecule has 1 saturated heterocycles. The first-order valence-electron chi connectivity index (χ1n) is 8.27. The Labute approximate surface area is 158 Å². The summed E-state index contributed by atoms with van der Waals surface area (Å²) in [5.41, 5.74) is 0.770. The minimum atomic E-state index is -0.0787. The molecule has 2 N–H and O–H groups in total. The van der Waals surface area contributed by atoms with Gasteiger partial charge in [0.05, 0.1) is 20.3 Å². The lowest BCUT2D eigenvalue weighted by atomic mass is 10.2. The number of methoxy groups -OCH3 is 2. The highest BCUT2D eigenvalue weighted by atomic mass is 35.5. The van der Waals surface area contributed by atoms with E-state index in [0.29, 0.717) is 36.2 Å². The van der Waals surface area contributed by atoms with Gasteiger partial charge in [-0.2, -0.15) is 4.98 Å². The van der Waals surface area contributed by atoms with E-state index in [9.17, 15) is 4.79 Å². The zero-order valence-corrected chi connectivity index (χ0v) is 15.6. The number of benzene rings is 1. The van der Waals surface area contributed by atoms with Gasteiger partial charge in [0.15, 0.2) is 11.5 Å². The normalized spacial score (nSPS) is 16.0. The minimum Gasteiger partial charge on any atom is -0.493 e. The smallest absolute Gasteiger partial charge is 0.237 e. The lowest BCUT2D eigenvalue weighted by Gasteiger charge is -2.09. The van der Waals surface area contributed by atoms with Crippen molar-refractivity contribution in [2.45, 2.75) is 25.3 Å². The zero-order valence-electron chi connectivity index (χ0n) is 14.8. The van der Waals surface area contributed by atoms with Crippen LogP contribution in [0.5, 0.6) is 11.5 Å². The van der Waals surface area contributed by atoms with E-state index in [1.165, 1.54) is 0 Å². The second-order valence-corrected chi connectivity index (χ2v) is 5.77. The van der Waals surface area contributed by atoms with Crippen LogP contribution in [-0.4, -0.2) is 49.4 Å². The van der Waals surface area contributed by atoms with E-state index in [4.69, 9.17) is 14.0 Å². The van der Waals surface area contributed by atoms with E-state index >= 15 is 0 Å². The molecule has 0 bridgehead atoms. The number of ether oxygens (including phenoxy) is 2. The molecule has 1 aromatic heterocycles. The third-order valence-corrected chi connectivity index (χ3v) is 4.12. The summed E-state index contributed by atoms with van der Waals surface area (Å²) in [5, 5.41) is 10.0. The summed E-state index contributed by atoms with van der Waals surface area (Å²) in [6.07, 6.45) is 2.41. The Morgan fingerprint density at radius 1 is 1.35 bits per heavy atom. The molecule has 1 atom stereocenters. The van der Waals surface area contributed by atoms with Crippen molar-refractivity contribution in [3.05, 3.63) is 24.1 Å². The number of halogens is 1. The van der Waals surface area contributed by atoms with Gasteiger partial charge in [-0.3, -0.25) is 4.79 Å². The van der Waals surface area contributed by atoms with E-state index in [1.807, 2.05) is 6.07 Å². The fourth-order valence-corrected chi connectivity index (χ4v) is 2.77. The summed E-state index contributed by atoms with van der Waals surface area (Å²) in [4.78, 5) is 16.3. The molecule has 0 saturated carbocycles. The summed E-state index contributed by atoms with van der Waals surface area (Å²) in [6.45, 7) is 1.36. The number of nitrogens with zero attached hydrogens (tertiary/aromatic N) is 2. The van der Waals surface area contributed by atoms with Gasteiger partial charge in [-0.25, -0.2) is 0 Å². The molecule has 0 aliphatic carbocycles. The summed E-state index contributed by atoms with van der Waals surface area (Å²) in [7, 11) is 3.16. The fraction of sp³-hybridized carbons (Fsp3) is 0.471. The maximum absolute atomic E-state index is 11.9. The van der Waals surface area contributed by atoms with Crippen LogP contribution in [0.2, 0.25) is 0 Å². The summed E-state index contributed by atoms with van der Waals surface area (Å²) >= 11 is 0. The maximum Gasteiger partial charge on any atom is 0.237 e. The number of hydrogen-bond acceptors (Lipinski definition) is 7. The van der Waals surface area contributed by atoms with Crippen molar-refractivity contribution in [2.75, 3.05) is 27.3 Å². The predicted molar refractivity (Wildman–Crippen MR) is 97.8 cm³/mol. The molecule has 26 heavy (non-hydrogen) atoms. The van der Waals surface area contributed by atoms with Crippen LogP contribution in [0.1, 0.15) is 18.7 Å². The molecule has 0 spiro atoms. The largest absolute Gasteiger partial charge is 0.493 e. The Morgan fingerprint density at radius 3 is 2.85 bits per heavy atom. The van der Waals surface area contributed by atoms with E-state index < -0.39 is 0 Å². The zero-order chi connectivity index (χ0) is 17.6. The van der Waals surface area contributed by atoms with Gasteiger partial charge in [0.25, 0.3) is 0 Å². The summed E-state index contributed by atoms with van der Waals surface area (Å²) in [5.74, 6) is 2.21. The average molecular weight is 383 g/mol. The number of carbonyl (C=O) groups excluding carboxylic acids is 1. The van der Waals surface area contributed by atoms with Crippen LogP contribution >= 0.6 is 12.4 Å². The highest BCUT2D eigenvalue weighted by Crippen LogP contribution is 2.31. The fourth-order valence-electron chi connectivity index (χ4n) is 2.77. The Hall–Kier alpha value is -2.32. The second-order valence-electron chi connectivity index (χ2n) is 5.77. The van der Waals surface area contributed by atoms with Crippen molar-refractivity contribution < 1.29 is 18.8 Å². The first-order chi connectivity index (χ1) is 12.2. The summed E-state index contributed by atoms with van der Waals surface area (Å²) < 4.78 is 15.8. The third-order valence-electron chi connectivity index (χ3n) is 4.12. The lowest BCUT2D eigenvalue weighted by Crippen LogP contribution is -2.41. The van der Waals surface area contributed by atoms with Crippen LogP contribution < -0.4 is 20.1 Å². The SMILES string of the molecule is COc1ccc(-c2noc(CCNC(=O)C3CCCN3)n2)cc1OC.Cl. The van der Waals surface area contributed by atoms with Crippen LogP contribution in [0.15, 0.2) is 22.7 Å². The molecule has 9 heteroatoms. The van der Waals surface area contributed by atoms with E-state index in [2.05, 4.69) is 20.8 Å². The van der Waals surface area contributed by atoms with Crippen molar-refractivity contribution in [1.82, 2.24) is 20.8 Å². The molecule has 1 aliphatic heterocycles. The highest BCUT2D eigenvalue weighted by molar-refractivity contribution is 5.85. The van der Waals surface area contributed by atoms with Crippen molar-refractivity contribution in [3.8, 4) is 22.9 Å². The first-order valence-corrected chi connectivity index (χ1v) is 8.27. The molecule has 2 aromatic rings. The number of nitrogens with one attached hydrogen (secondary N) is 2. The van der Waals surface area contributed by atoms with Crippen LogP contribution in [0.3, 0.4) is 0 Å². The average Bonchev–Trinajstić information content (AvgIpc) is 3.33. The molecular formula is C17H23ClN4O4. The lowest BCUT2D eigenvalue weighted by molar-refractivity contribution is -0.122. The number of hydrogen-bond donors (Lipinski definition) is 2. The second kappa shape index (κ2) is 9.40. The molecule has 1 fully saturated rings. The number of rotatable bonds is 7. The van der Waals surface area contributed by atoms with Gasteiger partial charge in [0, 0.05) is 18.5 Å². The van der Waals surface area contributed by atoms with Gasteiger partial charge in [-0.15, -0.1) is 12.4 Å². The van der Waals surface area contributed by atoms with Crippen LogP contribution in [0.25, 0.3) is 11.4 Å². The van der Waals surface area contributed by atoms with Crippen molar-refractivity contribution in [3.63, 3.8) is 0 Å². The number of aromatic nitrogens is 2. The van der Waals surface area contributed by atoms with Crippen LogP contribution in [-0.2, 0) is 11.2 Å². The maximum atomic E-state index is 11.9. The molecule has 8 nitrogen and oxygen atoms in total. The van der Waals surface area contributed by atoms with Gasteiger partial charge in [-0.05, 0) is 37.6 Å². The highest BCUT2D eigenvalue weighted by Gasteiger charge is 2.21. The molecule has 2 heterocycles.